The molecule has 5 nitrogen and oxygen atoms in total. The van der Waals surface area contributed by atoms with Gasteiger partial charge in [0.05, 0.1) is 10.6 Å². The van der Waals surface area contributed by atoms with Gasteiger partial charge in [-0.3, -0.25) is 4.79 Å². The van der Waals surface area contributed by atoms with Crippen LogP contribution in [0.25, 0.3) is 0 Å². The number of hydrogen-bond donors (Lipinski definition) is 2. The minimum atomic E-state index is -4.43. The van der Waals surface area contributed by atoms with Gasteiger partial charge in [-0.1, -0.05) is 18.5 Å². The van der Waals surface area contributed by atoms with Crippen LogP contribution in [0, 0.1) is 11.7 Å². The Balaban J connectivity index is 1.29. The van der Waals surface area contributed by atoms with Gasteiger partial charge < -0.3 is 15.4 Å². The van der Waals surface area contributed by atoms with Gasteiger partial charge >= 0.3 is 6.18 Å². The van der Waals surface area contributed by atoms with Crippen molar-refractivity contribution in [3.8, 4) is 5.75 Å². The summed E-state index contributed by atoms with van der Waals surface area (Å²) in [6.45, 7) is 1.69. The number of ether oxygens (including phenoxy) is 1. The number of aromatic nitrogens is 1. The molecule has 3 aliphatic rings. The van der Waals surface area contributed by atoms with E-state index < -0.39 is 17.6 Å². The minimum absolute atomic E-state index is 0.0326. The van der Waals surface area contributed by atoms with Crippen molar-refractivity contribution in [2.24, 2.45) is 5.92 Å². The largest absolute Gasteiger partial charge is 0.484 e. The first-order valence-corrected chi connectivity index (χ1v) is 9.61. The van der Waals surface area contributed by atoms with Gasteiger partial charge in [-0.25, -0.2) is 9.37 Å². The number of alkyl halides is 3. The van der Waals surface area contributed by atoms with Crippen LogP contribution in [0.4, 0.5) is 23.4 Å². The van der Waals surface area contributed by atoms with E-state index in [9.17, 15) is 22.4 Å². The molecule has 0 aliphatic heterocycles. The van der Waals surface area contributed by atoms with Gasteiger partial charge in [0, 0.05) is 29.3 Å². The number of hydrogen-bond acceptors (Lipinski definition) is 4. The number of rotatable bonds is 6. The van der Waals surface area contributed by atoms with Crippen molar-refractivity contribution in [3.05, 3.63) is 52.9 Å². The van der Waals surface area contributed by atoms with Gasteiger partial charge in [-0.05, 0) is 37.1 Å². The van der Waals surface area contributed by atoms with Crippen molar-refractivity contribution in [2.75, 3.05) is 11.9 Å². The second-order valence-corrected chi connectivity index (χ2v) is 8.26. The number of nitrogens with zero attached hydrogens (tertiary/aromatic N) is 1. The molecule has 0 unspecified atom stereocenters. The maximum Gasteiger partial charge on any atom is 0.417 e. The molecule has 1 aromatic heterocycles. The van der Waals surface area contributed by atoms with Crippen molar-refractivity contribution in [2.45, 2.75) is 37.0 Å². The molecule has 3 saturated carbocycles. The zero-order valence-electron chi connectivity index (χ0n) is 15.8. The van der Waals surface area contributed by atoms with E-state index in [0.717, 1.165) is 18.3 Å². The second-order valence-electron chi connectivity index (χ2n) is 7.86. The fraction of sp³-hybridized carbons (Fsp3) is 0.400. The predicted octanol–water partition coefficient (Wildman–Crippen LogP) is 4.42. The summed E-state index contributed by atoms with van der Waals surface area (Å²) >= 11 is 5.61. The molecule has 160 valence electrons. The zero-order chi connectivity index (χ0) is 21.7. The third kappa shape index (κ3) is 3.55. The molecule has 2 bridgehead atoms. The molecule has 3 aliphatic carbocycles. The molecule has 2 N–H and O–H groups in total. The quantitative estimate of drug-likeness (QED) is 0.649. The number of amides is 1. The molecule has 3 fully saturated rings. The molecule has 0 radical (unpaired) electrons. The highest BCUT2D eigenvalue weighted by atomic mass is 35.5. The van der Waals surface area contributed by atoms with E-state index in [2.05, 4.69) is 15.6 Å². The van der Waals surface area contributed by atoms with Gasteiger partial charge in [0.15, 0.2) is 6.61 Å². The van der Waals surface area contributed by atoms with Crippen molar-refractivity contribution in [1.82, 2.24) is 10.3 Å². The van der Waals surface area contributed by atoms with Crippen LogP contribution in [-0.2, 0) is 11.0 Å². The molecule has 10 heteroatoms. The van der Waals surface area contributed by atoms with E-state index in [1.54, 1.807) is 0 Å². The molecule has 0 saturated heterocycles. The number of benzene rings is 1. The molecule has 2 aromatic rings. The number of halogens is 5. The van der Waals surface area contributed by atoms with Crippen LogP contribution < -0.4 is 15.4 Å². The number of carbonyl (C=O) groups is 1. The SMILES string of the molecule is C[C@@H]1C2(NC(=O)COc3ccc(Cl)c(F)c3)CC1(Nc1ccc(C(F)(F)F)cn1)C2. The van der Waals surface area contributed by atoms with E-state index in [4.69, 9.17) is 16.3 Å². The third-order valence-electron chi connectivity index (χ3n) is 6.04. The van der Waals surface area contributed by atoms with Crippen molar-refractivity contribution < 1.29 is 27.1 Å². The summed E-state index contributed by atoms with van der Waals surface area (Å²) in [5, 5.41) is 6.12. The van der Waals surface area contributed by atoms with Crippen molar-refractivity contribution >= 4 is 23.3 Å². The Kier molecular flexibility index (Phi) is 4.84. The van der Waals surface area contributed by atoms with E-state index in [-0.39, 0.29) is 40.3 Å². The monoisotopic (exact) mass is 443 g/mol. The number of carbonyl (C=O) groups excluding carboxylic acids is 1. The summed E-state index contributed by atoms with van der Waals surface area (Å²) in [6, 6.07) is 6.21. The lowest BCUT2D eigenvalue weighted by Gasteiger charge is -2.75. The fourth-order valence-corrected chi connectivity index (χ4v) is 4.38. The van der Waals surface area contributed by atoms with Crippen LogP contribution in [-0.4, -0.2) is 28.6 Å². The first-order chi connectivity index (χ1) is 14.0. The first kappa shape index (κ1) is 20.7. The van der Waals surface area contributed by atoms with Gasteiger partial charge in [-0.15, -0.1) is 0 Å². The Hall–Kier alpha value is -2.55. The summed E-state index contributed by atoms with van der Waals surface area (Å²) in [4.78, 5) is 16.1. The molecular formula is C20H18ClF4N3O2. The predicted molar refractivity (Wildman–Crippen MR) is 102 cm³/mol. The van der Waals surface area contributed by atoms with Crippen molar-refractivity contribution in [1.29, 1.82) is 0 Å². The van der Waals surface area contributed by atoms with Crippen LogP contribution in [0.1, 0.15) is 25.3 Å². The van der Waals surface area contributed by atoms with Crippen LogP contribution >= 0.6 is 11.6 Å². The van der Waals surface area contributed by atoms with Crippen molar-refractivity contribution in [3.63, 3.8) is 0 Å². The molecular weight excluding hydrogens is 426 g/mol. The molecule has 0 spiro atoms. The Labute approximate surface area is 174 Å². The summed E-state index contributed by atoms with van der Waals surface area (Å²) in [6.07, 6.45) is -2.37. The zero-order valence-corrected chi connectivity index (χ0v) is 16.6. The third-order valence-corrected chi connectivity index (χ3v) is 6.34. The van der Waals surface area contributed by atoms with Gasteiger partial charge in [-0.2, -0.15) is 13.2 Å². The average molecular weight is 444 g/mol. The Bertz CT molecular complexity index is 975. The van der Waals surface area contributed by atoms with E-state index in [1.807, 2.05) is 6.92 Å². The lowest BCUT2D eigenvalue weighted by atomic mass is 9.37. The van der Waals surface area contributed by atoms with Crippen LogP contribution in [0.2, 0.25) is 5.02 Å². The highest BCUT2D eigenvalue weighted by Gasteiger charge is 2.74. The summed E-state index contributed by atoms with van der Waals surface area (Å²) in [7, 11) is 0. The lowest BCUT2D eigenvalue weighted by Crippen LogP contribution is -2.87. The molecule has 1 atom stereocenters. The van der Waals surface area contributed by atoms with E-state index >= 15 is 0 Å². The van der Waals surface area contributed by atoms with Gasteiger partial charge in [0.1, 0.15) is 17.4 Å². The Morgan fingerprint density at radius 2 is 2.00 bits per heavy atom. The Morgan fingerprint density at radius 3 is 2.57 bits per heavy atom. The lowest BCUT2D eigenvalue weighted by molar-refractivity contribution is -0.156. The Morgan fingerprint density at radius 1 is 1.27 bits per heavy atom. The van der Waals surface area contributed by atoms with Crippen LogP contribution in [0.5, 0.6) is 5.75 Å². The van der Waals surface area contributed by atoms with E-state index in [1.165, 1.54) is 18.2 Å². The van der Waals surface area contributed by atoms with Crippen LogP contribution in [0.15, 0.2) is 36.5 Å². The molecule has 1 heterocycles. The second kappa shape index (κ2) is 7.01. The summed E-state index contributed by atoms with van der Waals surface area (Å²) in [5.74, 6) is -0.344. The standard InChI is InChI=1S/C20H18ClF4N3O2/c1-11-18(27-16-5-2-12(7-26-16)20(23,24)25)9-19(11,10-18)28-17(29)8-30-13-3-4-14(21)15(22)6-13/h2-7,11H,8-10H2,1H3,(H,26,27)(H,28,29)/t11-,18?,19?/m0/s1. The first-order valence-electron chi connectivity index (χ1n) is 9.23. The molecule has 5 rings (SSSR count). The van der Waals surface area contributed by atoms with E-state index in [0.29, 0.717) is 18.7 Å². The maximum absolute atomic E-state index is 13.4. The molecule has 1 amide bonds. The molecule has 30 heavy (non-hydrogen) atoms. The smallest absolute Gasteiger partial charge is 0.417 e. The normalized spacial score (nSPS) is 26.9. The number of pyridine rings is 1. The summed E-state index contributed by atoms with van der Waals surface area (Å²) < 4.78 is 56.7. The number of anilines is 1. The van der Waals surface area contributed by atoms with Gasteiger partial charge in [0.25, 0.3) is 5.91 Å². The topological polar surface area (TPSA) is 63.2 Å². The highest BCUT2D eigenvalue weighted by molar-refractivity contribution is 6.30. The highest BCUT2D eigenvalue weighted by Crippen LogP contribution is 2.65. The van der Waals surface area contributed by atoms with Crippen LogP contribution in [0.3, 0.4) is 0 Å². The minimum Gasteiger partial charge on any atom is -0.484 e. The molecule has 1 aromatic carbocycles. The average Bonchev–Trinajstić information content (AvgIpc) is 2.67. The fourth-order valence-electron chi connectivity index (χ4n) is 4.27. The maximum atomic E-state index is 13.4. The van der Waals surface area contributed by atoms with Gasteiger partial charge in [0.2, 0.25) is 0 Å². The summed E-state index contributed by atoms with van der Waals surface area (Å²) in [5.41, 5.74) is -1.49. The number of nitrogens with one attached hydrogen (secondary N) is 2.